The SMILES string of the molecule is CCC(CC(CC(C)(C)C(=O)OC)c1ccc(O)c(O)c1)P(=O)(O)O. The van der Waals surface area contributed by atoms with Gasteiger partial charge in [-0.05, 0) is 56.7 Å². The molecule has 2 atom stereocenters. The van der Waals surface area contributed by atoms with E-state index in [1.807, 2.05) is 0 Å². The van der Waals surface area contributed by atoms with Crippen molar-refractivity contribution >= 4 is 13.6 Å². The van der Waals surface area contributed by atoms with E-state index in [1.54, 1.807) is 26.8 Å². The molecule has 142 valence electrons. The van der Waals surface area contributed by atoms with Gasteiger partial charge in [0.15, 0.2) is 11.5 Å². The van der Waals surface area contributed by atoms with Gasteiger partial charge in [-0.25, -0.2) is 0 Å². The number of rotatable bonds is 8. The average molecular weight is 374 g/mol. The minimum absolute atomic E-state index is 0.144. The fourth-order valence-electron chi connectivity index (χ4n) is 2.98. The highest BCUT2D eigenvalue weighted by molar-refractivity contribution is 7.52. The van der Waals surface area contributed by atoms with E-state index in [9.17, 15) is 29.4 Å². The smallest absolute Gasteiger partial charge is 0.328 e. The van der Waals surface area contributed by atoms with Gasteiger partial charge < -0.3 is 24.7 Å². The molecule has 0 aliphatic carbocycles. The van der Waals surface area contributed by atoms with E-state index in [2.05, 4.69) is 0 Å². The third kappa shape index (κ3) is 5.73. The third-order valence-electron chi connectivity index (χ3n) is 4.47. The summed E-state index contributed by atoms with van der Waals surface area (Å²) >= 11 is 0. The topological polar surface area (TPSA) is 124 Å². The van der Waals surface area contributed by atoms with E-state index in [-0.39, 0.29) is 30.8 Å². The standard InChI is InChI=1S/C17H27O7P/c1-5-13(25(21,22)23)8-12(10-17(2,3)16(20)24-4)11-6-7-14(18)15(19)9-11/h6-7,9,12-13,18-19H,5,8,10H2,1-4H3,(H2,21,22,23). The van der Waals surface area contributed by atoms with Gasteiger partial charge in [0.1, 0.15) is 0 Å². The van der Waals surface area contributed by atoms with E-state index >= 15 is 0 Å². The summed E-state index contributed by atoms with van der Waals surface area (Å²) < 4.78 is 16.5. The maximum absolute atomic E-state index is 12.0. The summed E-state index contributed by atoms with van der Waals surface area (Å²) in [6.07, 6.45) is 0.704. The lowest BCUT2D eigenvalue weighted by molar-refractivity contribution is -0.151. The van der Waals surface area contributed by atoms with E-state index < -0.39 is 30.6 Å². The quantitative estimate of drug-likeness (QED) is 0.313. The average Bonchev–Trinajstić information content (AvgIpc) is 2.51. The minimum Gasteiger partial charge on any atom is -0.504 e. The largest absolute Gasteiger partial charge is 0.504 e. The lowest BCUT2D eigenvalue weighted by atomic mass is 9.77. The van der Waals surface area contributed by atoms with Crippen LogP contribution < -0.4 is 0 Å². The number of hydrogen-bond donors (Lipinski definition) is 4. The summed E-state index contributed by atoms with van der Waals surface area (Å²) in [5, 5.41) is 19.3. The molecule has 0 amide bonds. The maximum atomic E-state index is 12.0. The van der Waals surface area contributed by atoms with Crippen LogP contribution in [0.15, 0.2) is 18.2 Å². The van der Waals surface area contributed by atoms with Crippen molar-refractivity contribution in [3.05, 3.63) is 23.8 Å². The van der Waals surface area contributed by atoms with Crippen molar-refractivity contribution in [2.75, 3.05) is 7.11 Å². The van der Waals surface area contributed by atoms with Gasteiger partial charge in [0.05, 0.1) is 18.2 Å². The molecule has 0 saturated heterocycles. The predicted molar refractivity (Wildman–Crippen MR) is 93.7 cm³/mol. The Morgan fingerprint density at radius 2 is 1.84 bits per heavy atom. The first kappa shape index (κ1) is 21.5. The summed E-state index contributed by atoms with van der Waals surface area (Å²) in [7, 11) is -3.01. The van der Waals surface area contributed by atoms with Crippen LogP contribution >= 0.6 is 7.60 Å². The number of hydrogen-bond acceptors (Lipinski definition) is 5. The van der Waals surface area contributed by atoms with Gasteiger partial charge in [-0.2, -0.15) is 0 Å². The molecule has 0 fully saturated rings. The van der Waals surface area contributed by atoms with Crippen LogP contribution in [0.25, 0.3) is 0 Å². The first-order chi connectivity index (χ1) is 11.4. The molecular formula is C17H27O7P. The van der Waals surface area contributed by atoms with Crippen molar-refractivity contribution in [1.82, 2.24) is 0 Å². The number of ether oxygens (including phenoxy) is 1. The highest BCUT2D eigenvalue weighted by atomic mass is 31.2. The van der Waals surface area contributed by atoms with Gasteiger partial charge in [-0.3, -0.25) is 9.36 Å². The highest BCUT2D eigenvalue weighted by Crippen LogP contribution is 2.49. The van der Waals surface area contributed by atoms with Gasteiger partial charge >= 0.3 is 13.6 Å². The van der Waals surface area contributed by atoms with Crippen molar-refractivity contribution < 1.29 is 34.1 Å². The number of methoxy groups -OCH3 is 1. The van der Waals surface area contributed by atoms with Crippen molar-refractivity contribution in [2.45, 2.75) is 51.6 Å². The van der Waals surface area contributed by atoms with Crippen LogP contribution in [0.2, 0.25) is 0 Å². The zero-order chi connectivity index (χ0) is 19.4. The Balaban J connectivity index is 3.24. The van der Waals surface area contributed by atoms with Crippen LogP contribution in [0.4, 0.5) is 0 Å². The summed E-state index contributed by atoms with van der Waals surface area (Å²) in [5.74, 6) is -1.43. The molecule has 0 aliphatic rings. The Bertz CT molecular complexity index is 650. The van der Waals surface area contributed by atoms with Gasteiger partial charge in [-0.15, -0.1) is 0 Å². The molecule has 0 bridgehead atoms. The number of phenolic OH excluding ortho intramolecular Hbond substituents is 2. The van der Waals surface area contributed by atoms with Crippen LogP contribution in [0, 0.1) is 5.41 Å². The fraction of sp³-hybridized carbons (Fsp3) is 0.588. The number of aromatic hydroxyl groups is 2. The Morgan fingerprint density at radius 3 is 2.28 bits per heavy atom. The second kappa shape index (κ2) is 8.21. The van der Waals surface area contributed by atoms with E-state index in [4.69, 9.17) is 4.74 Å². The zero-order valence-corrected chi connectivity index (χ0v) is 15.9. The van der Waals surface area contributed by atoms with Gasteiger partial charge in [0.25, 0.3) is 0 Å². The van der Waals surface area contributed by atoms with Crippen molar-refractivity contribution in [3.63, 3.8) is 0 Å². The Labute approximate surface area is 147 Å². The highest BCUT2D eigenvalue weighted by Gasteiger charge is 2.36. The summed E-state index contributed by atoms with van der Waals surface area (Å²) in [6.45, 7) is 5.09. The molecule has 8 heteroatoms. The molecule has 1 rings (SSSR count). The zero-order valence-electron chi connectivity index (χ0n) is 15.0. The molecule has 4 N–H and O–H groups in total. The molecule has 0 radical (unpaired) electrons. The number of carbonyl (C=O) groups excluding carboxylic acids is 1. The molecule has 2 unspecified atom stereocenters. The summed E-state index contributed by atoms with van der Waals surface area (Å²) in [5.41, 5.74) is -1.14. The van der Waals surface area contributed by atoms with Crippen LogP contribution in [-0.4, -0.2) is 38.7 Å². The van der Waals surface area contributed by atoms with Crippen molar-refractivity contribution in [2.24, 2.45) is 5.41 Å². The molecule has 0 heterocycles. The molecule has 0 aliphatic heterocycles. The Kier molecular flexibility index (Phi) is 7.06. The van der Waals surface area contributed by atoms with E-state index in [0.29, 0.717) is 5.56 Å². The predicted octanol–water partition coefficient (Wildman–Crippen LogP) is 3.12. The van der Waals surface area contributed by atoms with Gasteiger partial charge in [0.2, 0.25) is 0 Å². The maximum Gasteiger partial charge on any atom is 0.328 e. The molecule has 1 aromatic carbocycles. The fourth-order valence-corrected chi connectivity index (χ4v) is 3.98. The van der Waals surface area contributed by atoms with Gasteiger partial charge in [0, 0.05) is 0 Å². The van der Waals surface area contributed by atoms with Crippen LogP contribution in [0.1, 0.15) is 51.5 Å². The van der Waals surface area contributed by atoms with Crippen molar-refractivity contribution in [1.29, 1.82) is 0 Å². The lowest BCUT2D eigenvalue weighted by Crippen LogP contribution is -2.29. The molecule has 25 heavy (non-hydrogen) atoms. The summed E-state index contributed by atoms with van der Waals surface area (Å²) in [4.78, 5) is 31.1. The second-order valence-corrected chi connectivity index (χ2v) is 8.82. The molecule has 0 spiro atoms. The lowest BCUT2D eigenvalue weighted by Gasteiger charge is -2.30. The second-order valence-electron chi connectivity index (χ2n) is 6.91. The molecular weight excluding hydrogens is 347 g/mol. The molecule has 0 aromatic heterocycles. The van der Waals surface area contributed by atoms with Crippen LogP contribution in [0.3, 0.4) is 0 Å². The van der Waals surface area contributed by atoms with Crippen molar-refractivity contribution in [3.8, 4) is 11.5 Å². The number of esters is 1. The third-order valence-corrected chi connectivity index (χ3v) is 6.00. The van der Waals surface area contributed by atoms with E-state index in [1.165, 1.54) is 19.2 Å². The van der Waals surface area contributed by atoms with Gasteiger partial charge in [-0.1, -0.05) is 13.0 Å². The molecule has 0 saturated carbocycles. The molecule has 7 nitrogen and oxygen atoms in total. The number of benzene rings is 1. The van der Waals surface area contributed by atoms with Crippen LogP contribution in [0.5, 0.6) is 11.5 Å². The summed E-state index contributed by atoms with van der Waals surface area (Å²) in [6, 6.07) is 4.26. The minimum atomic E-state index is -4.30. The Hall–Kier alpha value is -1.56. The number of phenols is 2. The monoisotopic (exact) mass is 374 g/mol. The Morgan fingerprint density at radius 1 is 1.24 bits per heavy atom. The number of carbonyl (C=O) groups is 1. The first-order valence-electron chi connectivity index (χ1n) is 8.07. The van der Waals surface area contributed by atoms with E-state index in [0.717, 1.165) is 0 Å². The molecule has 1 aromatic rings. The van der Waals surface area contributed by atoms with Crippen LogP contribution in [-0.2, 0) is 14.1 Å². The normalized spacial score (nSPS) is 14.8. The first-order valence-corrected chi connectivity index (χ1v) is 9.76.